The lowest BCUT2D eigenvalue weighted by atomic mass is 9.90. The van der Waals surface area contributed by atoms with Crippen LogP contribution in [0.2, 0.25) is 0 Å². The first kappa shape index (κ1) is 18.0. The number of hydrogen-bond donors (Lipinski definition) is 0. The molecular weight excluding hydrogens is 324 g/mol. The Labute approximate surface area is 164 Å². The van der Waals surface area contributed by atoms with Gasteiger partial charge in [0.25, 0.3) is 0 Å². The first-order chi connectivity index (χ1) is 13.2. The van der Waals surface area contributed by atoms with Crippen molar-refractivity contribution in [3.8, 4) is 0 Å². The minimum absolute atomic E-state index is 1.04. The maximum absolute atomic E-state index is 2.49. The number of rotatable bonds is 5. The van der Waals surface area contributed by atoms with Gasteiger partial charge in [-0.3, -0.25) is 0 Å². The molecule has 2 aromatic rings. The van der Waals surface area contributed by atoms with E-state index in [1.165, 1.54) is 52.7 Å². The molecule has 0 unspecified atom stereocenters. The summed E-state index contributed by atoms with van der Waals surface area (Å²) in [5, 5.41) is 0. The Morgan fingerprint density at radius 1 is 0.963 bits per heavy atom. The van der Waals surface area contributed by atoms with Gasteiger partial charge in [-0.05, 0) is 90.8 Å². The molecule has 27 heavy (non-hydrogen) atoms. The lowest BCUT2D eigenvalue weighted by molar-refractivity contribution is 0.908. The fraction of sp³-hybridized carbons (Fsp3) is 0.333. The molecule has 0 fully saturated rings. The number of allylic oxidation sites excluding steroid dienone is 6. The Balaban J connectivity index is 1.66. The molecular formula is C27H30. The van der Waals surface area contributed by atoms with Gasteiger partial charge in [-0.2, -0.15) is 0 Å². The monoisotopic (exact) mass is 354 g/mol. The van der Waals surface area contributed by atoms with Crippen LogP contribution in [0.5, 0.6) is 0 Å². The van der Waals surface area contributed by atoms with E-state index in [4.69, 9.17) is 0 Å². The summed E-state index contributed by atoms with van der Waals surface area (Å²) < 4.78 is 0. The molecule has 0 aliphatic heterocycles. The zero-order chi connectivity index (χ0) is 18.6. The molecule has 2 aromatic carbocycles. The van der Waals surface area contributed by atoms with Crippen molar-refractivity contribution in [1.29, 1.82) is 0 Å². The van der Waals surface area contributed by atoms with E-state index in [0.717, 1.165) is 25.7 Å². The Morgan fingerprint density at radius 3 is 2.67 bits per heavy atom. The van der Waals surface area contributed by atoms with E-state index in [1.807, 2.05) is 0 Å². The molecule has 0 aromatic heterocycles. The van der Waals surface area contributed by atoms with Crippen LogP contribution in [0.25, 0.3) is 5.57 Å². The van der Waals surface area contributed by atoms with E-state index in [0.29, 0.717) is 0 Å². The van der Waals surface area contributed by atoms with Gasteiger partial charge in [0, 0.05) is 0 Å². The van der Waals surface area contributed by atoms with Crippen LogP contribution in [0.4, 0.5) is 0 Å². The van der Waals surface area contributed by atoms with Crippen LogP contribution in [0.1, 0.15) is 60.1 Å². The third-order valence-corrected chi connectivity index (χ3v) is 6.02. The molecule has 2 aliphatic rings. The summed E-state index contributed by atoms with van der Waals surface area (Å²) in [5.74, 6) is 0. The highest BCUT2D eigenvalue weighted by molar-refractivity contribution is 5.79. The number of hydrogen-bond acceptors (Lipinski definition) is 0. The maximum atomic E-state index is 2.49. The van der Waals surface area contributed by atoms with Gasteiger partial charge in [-0.25, -0.2) is 0 Å². The van der Waals surface area contributed by atoms with Crippen LogP contribution in [-0.2, 0) is 32.1 Å². The van der Waals surface area contributed by atoms with Crippen molar-refractivity contribution < 1.29 is 0 Å². The number of aryl methyl sites for hydroxylation is 4. The quantitative estimate of drug-likeness (QED) is 0.553. The van der Waals surface area contributed by atoms with E-state index >= 15 is 0 Å². The van der Waals surface area contributed by atoms with Crippen molar-refractivity contribution in [2.75, 3.05) is 0 Å². The second kappa shape index (κ2) is 8.13. The normalized spacial score (nSPS) is 15.9. The first-order valence-electron chi connectivity index (χ1n) is 10.5. The maximum Gasteiger partial charge on any atom is -0.0146 e. The fourth-order valence-corrected chi connectivity index (χ4v) is 4.57. The van der Waals surface area contributed by atoms with E-state index in [2.05, 4.69) is 74.5 Å². The third kappa shape index (κ3) is 4.00. The summed E-state index contributed by atoms with van der Waals surface area (Å²) >= 11 is 0. The van der Waals surface area contributed by atoms with E-state index in [1.54, 1.807) is 11.1 Å². The van der Waals surface area contributed by atoms with Crippen LogP contribution in [0.15, 0.2) is 66.3 Å². The van der Waals surface area contributed by atoms with E-state index < -0.39 is 0 Å². The Hall–Kier alpha value is -2.34. The molecule has 4 rings (SSSR count). The van der Waals surface area contributed by atoms with Gasteiger partial charge in [0.2, 0.25) is 0 Å². The lowest BCUT2D eigenvalue weighted by Gasteiger charge is -2.14. The molecule has 138 valence electrons. The van der Waals surface area contributed by atoms with Gasteiger partial charge in [0.15, 0.2) is 0 Å². The molecule has 0 amide bonds. The summed E-state index contributed by atoms with van der Waals surface area (Å²) in [5.41, 5.74) is 11.9. The molecule has 0 saturated carbocycles. The minimum atomic E-state index is 1.04. The Kier molecular flexibility index (Phi) is 5.43. The molecule has 0 N–H and O–H groups in total. The van der Waals surface area contributed by atoms with Gasteiger partial charge in [0.05, 0.1) is 0 Å². The Bertz CT molecular complexity index is 921. The summed E-state index contributed by atoms with van der Waals surface area (Å²) in [6.45, 7) is 4.48. The largest absolute Gasteiger partial charge is 0.0801 e. The molecule has 0 heterocycles. The third-order valence-electron chi connectivity index (χ3n) is 6.02. The van der Waals surface area contributed by atoms with Gasteiger partial charge >= 0.3 is 0 Å². The predicted octanol–water partition coefficient (Wildman–Crippen LogP) is 6.81. The second-order valence-corrected chi connectivity index (χ2v) is 7.94. The van der Waals surface area contributed by atoms with Gasteiger partial charge in [0.1, 0.15) is 0 Å². The van der Waals surface area contributed by atoms with Crippen molar-refractivity contribution in [2.24, 2.45) is 0 Å². The summed E-state index contributed by atoms with van der Waals surface area (Å²) in [7, 11) is 0. The van der Waals surface area contributed by atoms with Crippen LogP contribution in [0.3, 0.4) is 0 Å². The highest BCUT2D eigenvalue weighted by Gasteiger charge is 2.18. The van der Waals surface area contributed by atoms with Gasteiger partial charge in [-0.1, -0.05) is 73.2 Å². The highest BCUT2D eigenvalue weighted by atomic mass is 14.2. The van der Waals surface area contributed by atoms with Crippen molar-refractivity contribution in [3.63, 3.8) is 0 Å². The molecule has 0 spiro atoms. The summed E-state index contributed by atoms with van der Waals surface area (Å²) in [6, 6.07) is 13.9. The summed E-state index contributed by atoms with van der Waals surface area (Å²) in [4.78, 5) is 0. The van der Waals surface area contributed by atoms with E-state index in [-0.39, 0.29) is 0 Å². The van der Waals surface area contributed by atoms with Gasteiger partial charge < -0.3 is 0 Å². The van der Waals surface area contributed by atoms with Gasteiger partial charge in [-0.15, -0.1) is 0 Å². The number of fused-ring (bicyclic) bond motifs is 1. The lowest BCUT2D eigenvalue weighted by Crippen LogP contribution is -2.00. The molecule has 0 radical (unpaired) electrons. The first-order valence-corrected chi connectivity index (χ1v) is 10.5. The van der Waals surface area contributed by atoms with Crippen molar-refractivity contribution in [1.82, 2.24) is 0 Å². The topological polar surface area (TPSA) is 0 Å². The highest BCUT2D eigenvalue weighted by Crippen LogP contribution is 2.33. The predicted molar refractivity (Wildman–Crippen MR) is 117 cm³/mol. The molecule has 2 aliphatic carbocycles. The SMILES string of the molecule is CCc1ccccc1CCc1cc2c(c(C3=CC(C)=CCC=C3)c1)CCC2. The zero-order valence-corrected chi connectivity index (χ0v) is 16.7. The van der Waals surface area contributed by atoms with Crippen LogP contribution in [0, 0.1) is 0 Å². The molecule has 0 bridgehead atoms. The van der Waals surface area contributed by atoms with E-state index in [9.17, 15) is 0 Å². The van der Waals surface area contributed by atoms with Crippen LogP contribution in [-0.4, -0.2) is 0 Å². The zero-order valence-electron chi connectivity index (χ0n) is 16.7. The summed E-state index contributed by atoms with van der Waals surface area (Å²) in [6.07, 6.45) is 17.5. The average Bonchev–Trinajstić information content (AvgIpc) is 3.06. The van der Waals surface area contributed by atoms with Crippen molar-refractivity contribution >= 4 is 5.57 Å². The average molecular weight is 355 g/mol. The van der Waals surface area contributed by atoms with Crippen LogP contribution < -0.4 is 0 Å². The second-order valence-electron chi connectivity index (χ2n) is 7.94. The van der Waals surface area contributed by atoms with Crippen molar-refractivity contribution in [3.05, 3.63) is 99.7 Å². The molecule has 0 heteroatoms. The fourth-order valence-electron chi connectivity index (χ4n) is 4.57. The Morgan fingerprint density at radius 2 is 1.81 bits per heavy atom. The molecule has 0 saturated heterocycles. The minimum Gasteiger partial charge on any atom is -0.0801 e. The number of benzene rings is 2. The molecule has 0 nitrogen and oxygen atoms in total. The smallest absolute Gasteiger partial charge is 0.0146 e. The molecule has 0 atom stereocenters. The van der Waals surface area contributed by atoms with Crippen molar-refractivity contribution in [2.45, 2.75) is 58.8 Å². The van der Waals surface area contributed by atoms with Crippen LogP contribution >= 0.6 is 0 Å². The standard InChI is InChI=1S/C27H30/c1-3-22-10-6-7-11-23(22)16-15-21-18-25-13-8-14-26(25)27(19-21)24-12-5-4-9-20(2)17-24/h5-7,9-12,17-19H,3-4,8,13-16H2,1-2H3.